The molecule has 0 aliphatic heterocycles. The number of halogens is 17. The largest absolute Gasteiger partial charge is 0.460 e. The molecule has 5 nitrogen and oxygen atoms in total. The van der Waals surface area contributed by atoms with Crippen LogP contribution in [0.1, 0.15) is 0 Å². The molecule has 0 saturated carbocycles. The van der Waals surface area contributed by atoms with Gasteiger partial charge in [-0.25, -0.2) is 0 Å². The van der Waals surface area contributed by atoms with E-state index in [4.69, 9.17) is 4.55 Å². The maximum Gasteiger partial charge on any atom is 0.460 e. The molecule has 0 bridgehead atoms. The Morgan fingerprint density at radius 1 is 0.484 bits per heavy atom. The lowest BCUT2D eigenvalue weighted by molar-refractivity contribution is -0.471. The van der Waals surface area contributed by atoms with Crippen LogP contribution in [-0.2, 0) is 14.6 Å². The molecule has 0 rings (SSSR count). The second-order valence-corrected chi connectivity index (χ2v) is 5.99. The van der Waals surface area contributed by atoms with Crippen LogP contribution < -0.4 is 6.15 Å². The van der Waals surface area contributed by atoms with Gasteiger partial charge in [-0.15, -0.1) is 0 Å². The van der Waals surface area contributed by atoms with Gasteiger partial charge in [0.1, 0.15) is 0 Å². The molecule has 0 aromatic heterocycles. The van der Waals surface area contributed by atoms with Crippen LogP contribution in [0.3, 0.4) is 0 Å². The van der Waals surface area contributed by atoms with E-state index in [1.807, 2.05) is 0 Å². The van der Waals surface area contributed by atoms with Gasteiger partial charge in [-0.3, -0.25) is 4.55 Å². The predicted octanol–water partition coefficient (Wildman–Crippen LogP) is 4.93. The Balaban J connectivity index is 0. The maximum atomic E-state index is 13.1. The minimum Gasteiger partial charge on any atom is -0.344 e. The van der Waals surface area contributed by atoms with Crippen molar-refractivity contribution in [3.8, 4) is 0 Å². The van der Waals surface area contributed by atoms with E-state index in [9.17, 15) is 83.1 Å². The summed E-state index contributed by atoms with van der Waals surface area (Å²) in [7, 11) is -6.99. The van der Waals surface area contributed by atoms with Crippen LogP contribution >= 0.6 is 0 Å². The van der Waals surface area contributed by atoms with Crippen molar-refractivity contribution in [3.05, 3.63) is 0 Å². The van der Waals surface area contributed by atoms with E-state index in [-0.39, 0.29) is 6.15 Å². The maximum absolute atomic E-state index is 13.1. The monoisotopic (exact) mass is 533 g/mol. The highest BCUT2D eigenvalue weighted by Crippen LogP contribution is 2.64. The lowest BCUT2D eigenvalue weighted by atomic mass is 9.91. The van der Waals surface area contributed by atoms with Gasteiger partial charge in [0.05, 0.1) is 0 Å². The van der Waals surface area contributed by atoms with Crippen LogP contribution in [0, 0.1) is 0 Å². The first-order valence-corrected chi connectivity index (χ1v) is 7.21. The first-order chi connectivity index (χ1) is 12.5. The van der Waals surface area contributed by atoms with Gasteiger partial charge in [0.15, 0.2) is 0 Å². The van der Waals surface area contributed by atoms with Crippen molar-refractivity contribution in [2.24, 2.45) is 0 Å². The molecular weight excluding hydrogens is 529 g/mol. The van der Waals surface area contributed by atoms with Gasteiger partial charge < -0.3 is 6.15 Å². The Hall–Kier alpha value is -1.36. The average molecular weight is 533 g/mol. The van der Waals surface area contributed by atoms with Gasteiger partial charge in [-0.1, -0.05) is 0 Å². The van der Waals surface area contributed by atoms with Crippen molar-refractivity contribution in [2.75, 3.05) is 0 Å². The van der Waals surface area contributed by atoms with E-state index < -0.39 is 58.2 Å². The first-order valence-electron chi connectivity index (χ1n) is 5.85. The van der Waals surface area contributed by atoms with Gasteiger partial charge in [0.2, 0.25) is 0 Å². The molecular formula is C8H4F17NO4S. The molecule has 0 atom stereocenters. The van der Waals surface area contributed by atoms with E-state index in [1.54, 1.807) is 4.18 Å². The molecule has 31 heavy (non-hydrogen) atoms. The Bertz CT molecular complexity index is 757. The van der Waals surface area contributed by atoms with Crippen molar-refractivity contribution in [3.63, 3.8) is 0 Å². The summed E-state index contributed by atoms with van der Waals surface area (Å²) in [6.07, 6.45) is -15.5. The number of rotatable bonds is 8. The third-order valence-corrected chi connectivity index (χ3v) is 3.32. The molecule has 23 heteroatoms. The van der Waals surface area contributed by atoms with E-state index in [0.717, 1.165) is 0 Å². The van der Waals surface area contributed by atoms with Gasteiger partial charge in [-0.05, 0) is 0 Å². The molecule has 0 aliphatic rings. The topological polar surface area (TPSA) is 98.6 Å². The molecule has 0 fully saturated rings. The van der Waals surface area contributed by atoms with Gasteiger partial charge in [-0.2, -0.15) is 87.2 Å². The molecule has 0 spiro atoms. The first kappa shape index (κ1) is 31.8. The second kappa shape index (κ2) is 7.60. The predicted molar refractivity (Wildman–Crippen MR) is 58.3 cm³/mol. The van der Waals surface area contributed by atoms with Crippen LogP contribution in [0.15, 0.2) is 0 Å². The van der Waals surface area contributed by atoms with E-state index in [1.165, 1.54) is 0 Å². The molecule has 0 aliphatic carbocycles. The van der Waals surface area contributed by atoms with Crippen LogP contribution in [0.25, 0.3) is 0 Å². The molecule has 0 amide bonds. The molecule has 0 aromatic carbocycles. The highest BCUT2D eigenvalue weighted by Gasteiger charge is 2.95. The van der Waals surface area contributed by atoms with Crippen LogP contribution in [0.2, 0.25) is 0 Å². The van der Waals surface area contributed by atoms with Crippen molar-refractivity contribution < 1.29 is 91.8 Å². The quantitative estimate of drug-likeness (QED) is 0.341. The summed E-state index contributed by atoms with van der Waals surface area (Å²) in [5.74, 6) is -51.8. The third kappa shape index (κ3) is 4.44. The number of alkyl halides is 17. The number of hydrogen-bond acceptors (Lipinski definition) is 4. The smallest absolute Gasteiger partial charge is 0.344 e. The Kier molecular flexibility index (Phi) is 7.81. The summed E-state index contributed by atoms with van der Waals surface area (Å²) in [6, 6.07) is 0. The molecule has 0 saturated heterocycles. The van der Waals surface area contributed by atoms with Gasteiger partial charge in [0.25, 0.3) is 0 Å². The highest BCUT2D eigenvalue weighted by atomic mass is 32.3. The molecule has 0 radical (unpaired) electrons. The minimum atomic E-state index is -8.87. The highest BCUT2D eigenvalue weighted by molar-refractivity contribution is 7.80. The summed E-state index contributed by atoms with van der Waals surface area (Å²) in [5, 5.41) is 0. The lowest BCUT2D eigenvalue weighted by Crippen LogP contribution is -2.74. The zero-order chi connectivity index (χ0) is 25.2. The summed E-state index contributed by atoms with van der Waals surface area (Å²) >= 11 is 0. The van der Waals surface area contributed by atoms with E-state index in [0.29, 0.717) is 0 Å². The lowest BCUT2D eigenvalue weighted by Gasteiger charge is -2.42. The molecule has 4 N–H and O–H groups in total. The summed E-state index contributed by atoms with van der Waals surface area (Å²) < 4.78 is 245. The van der Waals surface area contributed by atoms with E-state index in [2.05, 4.69) is 0 Å². The van der Waals surface area contributed by atoms with Crippen LogP contribution in [0.4, 0.5) is 74.6 Å². The third-order valence-electron chi connectivity index (χ3n) is 2.90. The molecule has 190 valence electrons. The van der Waals surface area contributed by atoms with E-state index >= 15 is 0 Å². The fraction of sp³-hybridized carbons (Fsp3) is 1.00. The van der Waals surface area contributed by atoms with Crippen molar-refractivity contribution in [1.82, 2.24) is 6.15 Å². The zero-order valence-corrected chi connectivity index (χ0v) is 14.0. The van der Waals surface area contributed by atoms with Crippen molar-refractivity contribution >= 4 is 10.4 Å². The molecule has 0 aromatic rings. The van der Waals surface area contributed by atoms with Gasteiger partial charge >= 0.3 is 58.2 Å². The summed E-state index contributed by atoms with van der Waals surface area (Å²) in [4.78, 5) is 0. The van der Waals surface area contributed by atoms with Crippen molar-refractivity contribution in [1.29, 1.82) is 0 Å². The normalized spacial score (nSPS) is 16.2. The second-order valence-electron chi connectivity index (χ2n) is 4.97. The SMILES string of the molecule is N.O=S(=O)(O)OC(F)(F)C(F)(F)C(F)(F)C(F)(F)C(F)(F)C(F)(F)C(F)(F)C(F)(F)F. The minimum absolute atomic E-state index is 0. The Morgan fingerprint density at radius 2 is 0.710 bits per heavy atom. The molecule has 0 heterocycles. The standard InChI is InChI=1S/C8HF17O4S.H3N/c9-1(10,3(13,14)5(17,18)7(21,22)23)2(11,12)4(15,16)6(19,20)8(24,25)29-30(26,27)28;/h(H,26,27,28);1H3. The Labute approximate surface area is 157 Å². The average Bonchev–Trinajstić information content (AvgIpc) is 2.41. The summed E-state index contributed by atoms with van der Waals surface area (Å²) in [5.41, 5.74) is 0. The summed E-state index contributed by atoms with van der Waals surface area (Å²) in [6.45, 7) is 0. The van der Waals surface area contributed by atoms with Crippen LogP contribution in [-0.4, -0.2) is 60.8 Å². The fourth-order valence-electron chi connectivity index (χ4n) is 1.33. The van der Waals surface area contributed by atoms with Crippen LogP contribution in [0.5, 0.6) is 0 Å². The van der Waals surface area contributed by atoms with Crippen molar-refractivity contribution in [2.45, 2.75) is 47.8 Å². The Morgan fingerprint density at radius 3 is 0.935 bits per heavy atom. The molecule has 0 unspecified atom stereocenters. The van der Waals surface area contributed by atoms with Gasteiger partial charge in [0, 0.05) is 0 Å². The fourth-order valence-corrected chi connectivity index (χ4v) is 1.70. The zero-order valence-electron chi connectivity index (χ0n) is 13.2. The number of hydrogen-bond donors (Lipinski definition) is 2.